The van der Waals surface area contributed by atoms with Crippen LogP contribution in [-0.2, 0) is 5.54 Å². The molecule has 0 amide bonds. The highest BCUT2D eigenvalue weighted by Crippen LogP contribution is 2.36. The van der Waals surface area contributed by atoms with Gasteiger partial charge >= 0.3 is 6.18 Å². The predicted molar refractivity (Wildman–Crippen MR) is 54.9 cm³/mol. The minimum atomic E-state index is -5.11. The third kappa shape index (κ3) is 3.38. The number of benzene rings is 1. The van der Waals surface area contributed by atoms with E-state index in [4.69, 9.17) is 10.8 Å². The minimum Gasteiger partial charge on any atom is -0.384 e. The Bertz CT molecular complexity index is 435. The van der Waals surface area contributed by atoms with Crippen molar-refractivity contribution >= 4 is 0 Å². The highest BCUT2D eigenvalue weighted by atomic mass is 19.4. The maximum absolute atomic E-state index is 13.4. The van der Waals surface area contributed by atoms with Crippen molar-refractivity contribution in [1.82, 2.24) is 0 Å². The summed E-state index contributed by atoms with van der Waals surface area (Å²) in [4.78, 5) is 0. The molecule has 19 heavy (non-hydrogen) atoms. The Morgan fingerprint density at radius 2 is 1.68 bits per heavy atom. The largest absolute Gasteiger partial charge is 0.414 e. The van der Waals surface area contributed by atoms with Crippen molar-refractivity contribution < 1.29 is 31.4 Å². The molecular weight excluding hydrogens is 276 g/mol. The second kappa shape index (κ2) is 5.38. The van der Waals surface area contributed by atoms with E-state index in [0.29, 0.717) is 0 Å². The lowest BCUT2D eigenvalue weighted by molar-refractivity contribution is -0.213. The van der Waals surface area contributed by atoms with Gasteiger partial charge in [0.15, 0.2) is 6.10 Å². The lowest BCUT2D eigenvalue weighted by Crippen LogP contribution is -2.49. The molecule has 0 radical (unpaired) electrons. The number of rotatable bonds is 4. The fourth-order valence-corrected chi connectivity index (χ4v) is 1.59. The number of alkyl halides is 5. The van der Waals surface area contributed by atoms with Gasteiger partial charge in [-0.2, -0.15) is 13.2 Å². The van der Waals surface area contributed by atoms with Crippen molar-refractivity contribution in [2.75, 3.05) is 0 Å². The third-order valence-electron chi connectivity index (χ3n) is 2.67. The summed E-state index contributed by atoms with van der Waals surface area (Å²) in [5.74, 6) is -1.15. The monoisotopic (exact) mass is 287 g/mol. The van der Waals surface area contributed by atoms with E-state index < -0.39 is 42.0 Å². The zero-order valence-corrected chi connectivity index (χ0v) is 9.46. The summed E-state index contributed by atoms with van der Waals surface area (Å²) in [7, 11) is 0. The van der Waals surface area contributed by atoms with Crippen LogP contribution in [0.1, 0.15) is 12.0 Å². The molecule has 0 aliphatic rings. The number of halogens is 6. The summed E-state index contributed by atoms with van der Waals surface area (Å²) in [6.45, 7) is 0. The van der Waals surface area contributed by atoms with Crippen LogP contribution < -0.4 is 5.73 Å². The molecule has 2 atom stereocenters. The number of hydrogen-bond donors (Lipinski definition) is 2. The molecule has 0 unspecified atom stereocenters. The van der Waals surface area contributed by atoms with E-state index in [-0.39, 0.29) is 0 Å². The first-order chi connectivity index (χ1) is 8.59. The van der Waals surface area contributed by atoms with E-state index >= 15 is 0 Å². The summed E-state index contributed by atoms with van der Waals surface area (Å²) in [5.41, 5.74) is 1.52. The van der Waals surface area contributed by atoms with Gasteiger partial charge in [-0.05, 0) is 6.07 Å². The average Bonchev–Trinajstić information content (AvgIpc) is 2.27. The lowest BCUT2D eigenvalue weighted by Gasteiger charge is -2.32. The van der Waals surface area contributed by atoms with Gasteiger partial charge in [0.05, 0.1) is 0 Å². The van der Waals surface area contributed by atoms with Gasteiger partial charge in [0, 0.05) is 12.0 Å². The highest BCUT2D eigenvalue weighted by molar-refractivity contribution is 5.27. The van der Waals surface area contributed by atoms with Gasteiger partial charge in [0.2, 0.25) is 0 Å². The second-order valence-corrected chi connectivity index (χ2v) is 4.08. The number of hydrogen-bond acceptors (Lipinski definition) is 2. The van der Waals surface area contributed by atoms with E-state index in [1.54, 1.807) is 0 Å². The molecule has 0 heterocycles. The number of aliphatic hydroxyl groups excluding tert-OH is 1. The molecule has 0 saturated heterocycles. The van der Waals surface area contributed by atoms with Crippen molar-refractivity contribution in [3.63, 3.8) is 0 Å². The van der Waals surface area contributed by atoms with Crippen LogP contribution in [-0.4, -0.2) is 23.8 Å². The normalized spacial score (nSPS) is 17.3. The molecule has 3 N–H and O–H groups in total. The molecular formula is C11H11F6NO. The van der Waals surface area contributed by atoms with Crippen LogP contribution in [0, 0.1) is 5.82 Å². The van der Waals surface area contributed by atoms with Gasteiger partial charge in [-0.15, -0.1) is 0 Å². The molecule has 2 nitrogen and oxygen atoms in total. The molecule has 0 aliphatic carbocycles. The summed E-state index contributed by atoms with van der Waals surface area (Å²) in [5, 5.41) is 8.86. The molecule has 1 rings (SSSR count). The van der Waals surface area contributed by atoms with Crippen LogP contribution in [0.15, 0.2) is 24.3 Å². The minimum absolute atomic E-state index is 0.770. The fraction of sp³-hybridized carbons (Fsp3) is 0.455. The van der Waals surface area contributed by atoms with E-state index in [1.807, 2.05) is 0 Å². The fourth-order valence-electron chi connectivity index (χ4n) is 1.59. The van der Waals surface area contributed by atoms with Gasteiger partial charge in [0.1, 0.15) is 11.4 Å². The molecule has 0 aromatic heterocycles. The van der Waals surface area contributed by atoms with E-state index in [9.17, 15) is 26.3 Å². The van der Waals surface area contributed by atoms with Crippen molar-refractivity contribution in [2.24, 2.45) is 5.73 Å². The predicted octanol–water partition coefficient (Wildman–Crippen LogP) is 2.56. The first-order valence-corrected chi connectivity index (χ1v) is 5.16. The Morgan fingerprint density at radius 3 is 2.11 bits per heavy atom. The summed E-state index contributed by atoms with van der Waals surface area (Å²) in [6, 6.07) is 4.02. The molecule has 8 heteroatoms. The molecule has 1 aromatic carbocycles. The standard InChI is InChI=1S/C11H11F6NO/c12-7-4-2-1-3-6(7)10(18,9(13)14)5-8(19)11(15,16)17/h1-4,8-9,19H,5,18H2/t8-,10-/m0/s1. The third-order valence-corrected chi connectivity index (χ3v) is 2.67. The van der Waals surface area contributed by atoms with Crippen LogP contribution in [0.2, 0.25) is 0 Å². The van der Waals surface area contributed by atoms with Crippen LogP contribution in [0.5, 0.6) is 0 Å². The molecule has 0 aliphatic heterocycles. The van der Waals surface area contributed by atoms with Crippen LogP contribution >= 0.6 is 0 Å². The topological polar surface area (TPSA) is 46.2 Å². The molecule has 0 bridgehead atoms. The van der Waals surface area contributed by atoms with Gasteiger partial charge in [-0.3, -0.25) is 0 Å². The van der Waals surface area contributed by atoms with Crippen molar-refractivity contribution in [3.05, 3.63) is 35.6 Å². The zero-order valence-electron chi connectivity index (χ0n) is 9.46. The van der Waals surface area contributed by atoms with E-state index in [0.717, 1.165) is 12.1 Å². The molecule has 0 saturated carbocycles. The number of aliphatic hydroxyl groups is 1. The SMILES string of the molecule is N[C@@](C[C@H](O)C(F)(F)F)(c1ccccc1F)C(F)F. The first kappa shape index (κ1) is 15.8. The quantitative estimate of drug-likeness (QED) is 0.836. The average molecular weight is 287 g/mol. The van der Waals surface area contributed by atoms with Gasteiger partial charge in [0.25, 0.3) is 6.43 Å². The summed E-state index contributed by atoms with van der Waals surface area (Å²) >= 11 is 0. The van der Waals surface area contributed by atoms with E-state index in [1.165, 1.54) is 12.1 Å². The van der Waals surface area contributed by atoms with Crippen molar-refractivity contribution in [1.29, 1.82) is 0 Å². The number of nitrogens with two attached hydrogens (primary N) is 1. The van der Waals surface area contributed by atoms with Gasteiger partial charge in [-0.1, -0.05) is 18.2 Å². The van der Waals surface area contributed by atoms with Gasteiger partial charge < -0.3 is 10.8 Å². The Labute approximate surface area is 104 Å². The van der Waals surface area contributed by atoms with Crippen LogP contribution in [0.3, 0.4) is 0 Å². The highest BCUT2D eigenvalue weighted by Gasteiger charge is 2.48. The Kier molecular flexibility index (Phi) is 4.46. The zero-order chi connectivity index (χ0) is 14.8. The molecule has 0 spiro atoms. The Balaban J connectivity index is 3.16. The Hall–Kier alpha value is -1.28. The van der Waals surface area contributed by atoms with Crippen molar-refractivity contribution in [2.45, 2.75) is 30.7 Å². The Morgan fingerprint density at radius 1 is 1.16 bits per heavy atom. The van der Waals surface area contributed by atoms with Crippen molar-refractivity contribution in [3.8, 4) is 0 Å². The molecule has 1 aromatic rings. The van der Waals surface area contributed by atoms with E-state index in [2.05, 4.69) is 0 Å². The van der Waals surface area contributed by atoms with Gasteiger partial charge in [-0.25, -0.2) is 13.2 Å². The maximum Gasteiger partial charge on any atom is 0.414 e. The summed E-state index contributed by atoms with van der Waals surface area (Å²) in [6.07, 6.45) is -13.2. The lowest BCUT2D eigenvalue weighted by atomic mass is 9.85. The summed E-state index contributed by atoms with van der Waals surface area (Å²) < 4.78 is 75.9. The smallest absolute Gasteiger partial charge is 0.384 e. The molecule has 108 valence electrons. The molecule has 0 fully saturated rings. The van der Waals surface area contributed by atoms with Crippen LogP contribution in [0.4, 0.5) is 26.3 Å². The van der Waals surface area contributed by atoms with Crippen LogP contribution in [0.25, 0.3) is 0 Å². The second-order valence-electron chi connectivity index (χ2n) is 4.08. The maximum atomic E-state index is 13.4. The first-order valence-electron chi connectivity index (χ1n) is 5.16.